The second-order valence-corrected chi connectivity index (χ2v) is 13.1. The number of hydrogen-bond donors (Lipinski definition) is 1. The van der Waals surface area contributed by atoms with E-state index in [-0.39, 0.29) is 12.1 Å². The first-order valence-corrected chi connectivity index (χ1v) is 17.3. The Morgan fingerprint density at radius 1 is 1.04 bits per heavy atom. The van der Waals surface area contributed by atoms with Crippen LogP contribution in [0.4, 0.5) is 0 Å². The van der Waals surface area contributed by atoms with E-state index < -0.39 is 29.9 Å². The Balaban J connectivity index is 0.000000416. The van der Waals surface area contributed by atoms with E-state index in [1.807, 2.05) is 27.3 Å². The van der Waals surface area contributed by atoms with Crippen LogP contribution in [0.5, 0.6) is 0 Å². The summed E-state index contributed by atoms with van der Waals surface area (Å²) in [5.74, 6) is 0. The van der Waals surface area contributed by atoms with Gasteiger partial charge in [0.05, 0.1) is 0 Å². The van der Waals surface area contributed by atoms with Crippen LogP contribution in [0.3, 0.4) is 0 Å². The van der Waals surface area contributed by atoms with Gasteiger partial charge in [0.2, 0.25) is 9.04 Å². The normalized spacial score (nSPS) is 10.2. The Morgan fingerprint density at radius 3 is 1.68 bits per heavy atom. The van der Waals surface area contributed by atoms with Crippen molar-refractivity contribution in [1.29, 1.82) is 0 Å². The Morgan fingerprint density at radius 2 is 1.39 bits per heavy atom. The third-order valence-corrected chi connectivity index (χ3v) is 4.96. The minimum atomic E-state index is -0.826. The Kier molecular flexibility index (Phi) is 15.6. The molecule has 0 amide bonds. The number of halogens is 2. The maximum atomic E-state index is 8.31. The van der Waals surface area contributed by atoms with Crippen molar-refractivity contribution in [2.75, 3.05) is 13.7 Å². The number of nitrogens with one attached hydrogen (secondary N) is 1. The maximum absolute atomic E-state index is 8.31. The van der Waals surface area contributed by atoms with Gasteiger partial charge >= 0.3 is 37.9 Å². The van der Waals surface area contributed by atoms with Crippen LogP contribution >= 0.6 is 17.0 Å². The van der Waals surface area contributed by atoms with Gasteiger partial charge in [0, 0.05) is 13.7 Å². The van der Waals surface area contributed by atoms with Gasteiger partial charge in [-0.2, -0.15) is 0 Å². The number of rotatable bonds is 3. The maximum Gasteiger partial charge on any atom is -0.0771 e. The number of hydrogen-bond acceptors (Lipinski definition) is 2. The minimum absolute atomic E-state index is 0.250. The van der Waals surface area contributed by atoms with Gasteiger partial charge < -0.3 is 15.3 Å². The summed E-state index contributed by atoms with van der Waals surface area (Å²) >= 11 is -0.826. The fourth-order valence-corrected chi connectivity index (χ4v) is 2.68. The molecule has 0 atom stereocenters. The van der Waals surface area contributed by atoms with Crippen LogP contribution in [0.2, 0.25) is 12.6 Å². The summed E-state index contributed by atoms with van der Waals surface area (Å²) in [6.07, 6.45) is 0. The summed E-state index contributed by atoms with van der Waals surface area (Å²) in [5.41, 5.74) is 6.69. The third kappa shape index (κ3) is 13.2. The van der Waals surface area contributed by atoms with Gasteiger partial charge in [0.15, 0.2) is 0 Å². The average molecular weight is 519 g/mol. The van der Waals surface area contributed by atoms with E-state index in [0.717, 1.165) is 6.04 Å². The van der Waals surface area contributed by atoms with E-state index in [2.05, 4.69) is 54.6 Å². The van der Waals surface area contributed by atoms with Crippen LogP contribution < -0.4 is 0 Å². The topological polar surface area (TPSA) is 53.3 Å². The Bertz CT molecular complexity index is 721. The first-order valence-electron chi connectivity index (χ1n) is 8.89. The molecule has 0 aliphatic heterocycles. The smallest absolute Gasteiger partial charge is 0.0771 e. The molecule has 2 N–H and O–H groups in total. The van der Waals surface area contributed by atoms with E-state index in [1.54, 1.807) is 7.11 Å². The fraction of sp³-hybridized carbons (Fsp3) is 0.381. The second kappa shape index (κ2) is 15.7. The van der Waals surface area contributed by atoms with Crippen molar-refractivity contribution in [2.24, 2.45) is 0 Å². The molecule has 3 aromatic rings. The van der Waals surface area contributed by atoms with Crippen molar-refractivity contribution in [3.05, 3.63) is 60.3 Å². The van der Waals surface area contributed by atoms with Crippen molar-refractivity contribution >= 4 is 47.6 Å². The Labute approximate surface area is 189 Å². The second-order valence-electron chi connectivity index (χ2n) is 7.02. The van der Waals surface area contributed by atoms with Crippen molar-refractivity contribution < 1.29 is 30.4 Å². The van der Waals surface area contributed by atoms with Crippen molar-refractivity contribution in [3.8, 4) is 0 Å². The quantitative estimate of drug-likeness (QED) is 0.295. The zero-order valence-electron chi connectivity index (χ0n) is 17.2. The van der Waals surface area contributed by atoms with Gasteiger partial charge in [0.1, 0.15) is 0 Å². The third-order valence-electron chi connectivity index (χ3n) is 3.34. The Hall–Kier alpha value is -0.130. The van der Waals surface area contributed by atoms with Crippen molar-refractivity contribution in [2.45, 2.75) is 38.9 Å². The van der Waals surface area contributed by atoms with Gasteiger partial charge in [0.25, 0.3) is 0 Å². The first-order chi connectivity index (χ1) is 13.2. The van der Waals surface area contributed by atoms with Crippen LogP contribution in [0.1, 0.15) is 20.8 Å². The van der Waals surface area contributed by atoms with Gasteiger partial charge in [-0.3, -0.25) is 0 Å². The van der Waals surface area contributed by atoms with Gasteiger partial charge in [-0.1, -0.05) is 57.2 Å². The van der Waals surface area contributed by atoms with Crippen LogP contribution in [0.25, 0.3) is 27.3 Å². The molecule has 28 heavy (non-hydrogen) atoms. The van der Waals surface area contributed by atoms with E-state index in [4.69, 9.17) is 32.3 Å². The zero-order valence-corrected chi connectivity index (χ0v) is 22.2. The van der Waals surface area contributed by atoms with Crippen molar-refractivity contribution in [3.63, 3.8) is 0 Å². The predicted octanol–water partition coefficient (Wildman–Crippen LogP) is 7.17. The molecule has 0 spiro atoms. The van der Waals surface area contributed by atoms with Crippen LogP contribution in [0, 0.1) is 0 Å². The molecular formula is C21H30Cl2NO2SiZr. The monoisotopic (exact) mass is 516 g/mol. The molecular weight excluding hydrogens is 488 g/mol. The molecule has 0 aliphatic rings. The molecule has 3 rings (SSSR count). The van der Waals surface area contributed by atoms with E-state index in [9.17, 15) is 0 Å². The molecule has 0 fully saturated rings. The van der Waals surface area contributed by atoms with Crippen LogP contribution in [-0.4, -0.2) is 33.4 Å². The summed E-state index contributed by atoms with van der Waals surface area (Å²) in [4.78, 5) is 0. The van der Waals surface area contributed by atoms with E-state index >= 15 is 0 Å². The number of aliphatic hydroxyl groups is 1. The summed E-state index contributed by atoms with van der Waals surface area (Å²) in [7, 11) is 10.9. The SMILES string of the molecule is CC(C)(C)[NH-].CO[Si](C)CCO.[Cl][Zr+2][Cl].c1ccc2c(c1)[cH-]c1ccccc12. The van der Waals surface area contributed by atoms with Crippen LogP contribution in [-0.2, 0) is 25.3 Å². The van der Waals surface area contributed by atoms with Gasteiger partial charge in [-0.15, -0.1) is 45.3 Å². The average Bonchev–Trinajstić information content (AvgIpc) is 3.00. The van der Waals surface area contributed by atoms with E-state index in [1.165, 1.54) is 21.5 Å². The van der Waals surface area contributed by atoms with Gasteiger partial charge in [-0.05, 0) is 12.6 Å². The van der Waals surface area contributed by atoms with Gasteiger partial charge in [-0.25, -0.2) is 0 Å². The van der Waals surface area contributed by atoms with Crippen molar-refractivity contribution in [1.82, 2.24) is 0 Å². The minimum Gasteiger partial charge on any atom is -0.126 e. The molecule has 3 nitrogen and oxygen atoms in total. The predicted molar refractivity (Wildman–Crippen MR) is 123 cm³/mol. The summed E-state index contributed by atoms with van der Waals surface area (Å²) in [6, 6.07) is 20.1. The molecule has 1 radical (unpaired) electrons. The molecule has 0 unspecified atom stereocenters. The molecule has 7 heteroatoms. The first kappa shape index (κ1) is 27.9. The molecule has 0 heterocycles. The molecule has 153 valence electrons. The molecule has 3 aromatic carbocycles. The zero-order chi connectivity index (χ0) is 21.6. The molecule has 0 bridgehead atoms. The molecule has 0 aliphatic carbocycles. The number of benzene rings is 2. The molecule has 0 saturated heterocycles. The molecule has 0 saturated carbocycles. The largest absolute Gasteiger partial charge is 0.126 e. The summed E-state index contributed by atoms with van der Waals surface area (Å²) < 4.78 is 4.93. The standard InChI is InChI=1S/C13H9.C4H10N.C4H11O2Si.2ClH.Zr/c1-3-7-12-10(5-1)9-11-6-2-4-8-13(11)12;1-4(2,3)5;1-6-7(2)4-3-5;;;/h1-9H;5H,1-3H3;5H,3-4H2,1-2H3;2*1H;/q2*-1;;;;+4/p-2. The van der Waals surface area contributed by atoms with Crippen LogP contribution in [0.15, 0.2) is 54.6 Å². The van der Waals surface area contributed by atoms with E-state index in [0.29, 0.717) is 0 Å². The number of aliphatic hydroxyl groups excluding tert-OH is 1. The molecule has 0 aromatic heterocycles. The summed E-state index contributed by atoms with van der Waals surface area (Å²) in [6.45, 7) is 7.85. The fourth-order valence-electron chi connectivity index (χ4n) is 2.16. The summed E-state index contributed by atoms with van der Waals surface area (Å²) in [5, 5.41) is 13.7. The number of fused-ring (bicyclic) bond motifs is 3.